The summed E-state index contributed by atoms with van der Waals surface area (Å²) in [6, 6.07) is 0. The number of nitrogens with one attached hydrogen (secondary N) is 1. The maximum atomic E-state index is 4.60. The molecule has 1 aliphatic heterocycles. The van der Waals surface area contributed by atoms with E-state index in [2.05, 4.69) is 38.7 Å². The number of hydrogen-bond acceptors (Lipinski definition) is 4. The van der Waals surface area contributed by atoms with Gasteiger partial charge < -0.3 is 9.88 Å². The van der Waals surface area contributed by atoms with Gasteiger partial charge in [0, 0.05) is 19.0 Å². The average Bonchev–Trinajstić information content (AvgIpc) is 2.82. The van der Waals surface area contributed by atoms with Gasteiger partial charge >= 0.3 is 0 Å². The van der Waals surface area contributed by atoms with E-state index in [9.17, 15) is 0 Å². The van der Waals surface area contributed by atoms with E-state index in [0.717, 1.165) is 36.0 Å². The van der Waals surface area contributed by atoms with Crippen LogP contribution in [0.1, 0.15) is 44.9 Å². The molecule has 0 spiro atoms. The fourth-order valence-corrected chi connectivity index (χ4v) is 2.34. The molecule has 0 amide bonds. The normalized spacial score (nSPS) is 16.7. The average molecular weight is 245 g/mol. The molecule has 0 atom stereocenters. The van der Waals surface area contributed by atoms with Crippen molar-refractivity contribution in [3.05, 3.63) is 12.0 Å². The number of imidazole rings is 1. The number of anilines is 1. The summed E-state index contributed by atoms with van der Waals surface area (Å²) in [4.78, 5) is 19.1. The number of aromatic nitrogens is 4. The zero-order valence-electron chi connectivity index (χ0n) is 11.0. The van der Waals surface area contributed by atoms with E-state index in [1.807, 2.05) is 6.20 Å². The van der Waals surface area contributed by atoms with Gasteiger partial charge in [-0.25, -0.2) is 9.97 Å². The van der Waals surface area contributed by atoms with Crippen LogP contribution in [0.25, 0.3) is 11.2 Å². The third-order valence-electron chi connectivity index (χ3n) is 3.42. The van der Waals surface area contributed by atoms with E-state index in [4.69, 9.17) is 0 Å². The van der Waals surface area contributed by atoms with Gasteiger partial charge in [0.1, 0.15) is 11.3 Å². The predicted octanol–water partition coefficient (Wildman–Crippen LogP) is 2.47. The molecule has 2 aromatic heterocycles. The Bertz CT molecular complexity index is 539. The largest absolute Gasteiger partial charge is 0.342 e. The van der Waals surface area contributed by atoms with Crippen molar-refractivity contribution in [2.24, 2.45) is 0 Å². The van der Waals surface area contributed by atoms with E-state index in [1.54, 1.807) is 0 Å². The molecule has 1 N–H and O–H groups in total. The Kier molecular flexibility index (Phi) is 2.89. The fourth-order valence-electron chi connectivity index (χ4n) is 2.34. The maximum absolute atomic E-state index is 4.60. The second-order valence-corrected chi connectivity index (χ2v) is 5.23. The number of rotatable bonds is 2. The second kappa shape index (κ2) is 4.55. The molecule has 1 saturated heterocycles. The first-order chi connectivity index (χ1) is 8.74. The number of H-pyrrole nitrogens is 1. The SMILES string of the molecule is CC(C)c1ncc2[nH]c(N3CCCCC3)nc2n1. The van der Waals surface area contributed by atoms with Crippen LogP contribution >= 0.6 is 0 Å². The molecule has 0 saturated carbocycles. The van der Waals surface area contributed by atoms with Gasteiger partial charge in [-0.3, -0.25) is 0 Å². The molecule has 1 fully saturated rings. The standard InChI is InChI=1S/C13H19N5/c1-9(2)11-14-8-10-12(16-11)17-13(15-10)18-6-4-3-5-7-18/h8-9H,3-7H2,1-2H3,(H,14,15,16,17). The lowest BCUT2D eigenvalue weighted by atomic mass is 10.1. The summed E-state index contributed by atoms with van der Waals surface area (Å²) in [5, 5.41) is 0. The molecule has 2 aromatic rings. The van der Waals surface area contributed by atoms with Gasteiger partial charge in [0.15, 0.2) is 5.65 Å². The highest BCUT2D eigenvalue weighted by Gasteiger charge is 2.15. The van der Waals surface area contributed by atoms with Gasteiger partial charge in [0.25, 0.3) is 0 Å². The summed E-state index contributed by atoms with van der Waals surface area (Å²) in [6.45, 7) is 6.37. The van der Waals surface area contributed by atoms with Crippen LogP contribution in [-0.4, -0.2) is 33.0 Å². The Balaban J connectivity index is 1.94. The zero-order valence-corrected chi connectivity index (χ0v) is 11.0. The van der Waals surface area contributed by atoms with Gasteiger partial charge in [-0.05, 0) is 19.3 Å². The van der Waals surface area contributed by atoms with Crippen molar-refractivity contribution in [3.63, 3.8) is 0 Å². The van der Waals surface area contributed by atoms with Gasteiger partial charge in [0.05, 0.1) is 6.20 Å². The summed E-state index contributed by atoms with van der Waals surface area (Å²) in [6.07, 6.45) is 5.67. The van der Waals surface area contributed by atoms with Crippen LogP contribution in [0.15, 0.2) is 6.20 Å². The zero-order chi connectivity index (χ0) is 12.5. The highest BCUT2D eigenvalue weighted by molar-refractivity contribution is 5.72. The van der Waals surface area contributed by atoms with Crippen LogP contribution < -0.4 is 4.90 Å². The number of piperidine rings is 1. The molecule has 1 aliphatic rings. The molecule has 0 unspecified atom stereocenters. The molecule has 96 valence electrons. The van der Waals surface area contributed by atoms with Crippen LogP contribution in [0.2, 0.25) is 0 Å². The van der Waals surface area contributed by atoms with Gasteiger partial charge in [-0.15, -0.1) is 0 Å². The second-order valence-electron chi connectivity index (χ2n) is 5.23. The number of nitrogens with zero attached hydrogens (tertiary/aromatic N) is 4. The molecule has 0 bridgehead atoms. The summed E-state index contributed by atoms with van der Waals surface area (Å²) in [5.74, 6) is 2.14. The molecule has 5 nitrogen and oxygen atoms in total. The van der Waals surface area contributed by atoms with Crippen LogP contribution in [0, 0.1) is 0 Å². The van der Waals surface area contributed by atoms with Crippen molar-refractivity contribution in [1.29, 1.82) is 0 Å². The van der Waals surface area contributed by atoms with E-state index in [-0.39, 0.29) is 0 Å². The van der Waals surface area contributed by atoms with Crippen molar-refractivity contribution in [1.82, 2.24) is 19.9 Å². The third-order valence-corrected chi connectivity index (χ3v) is 3.42. The van der Waals surface area contributed by atoms with E-state index in [0.29, 0.717) is 5.92 Å². The van der Waals surface area contributed by atoms with Crippen LogP contribution in [0.3, 0.4) is 0 Å². The summed E-state index contributed by atoms with van der Waals surface area (Å²) in [7, 11) is 0. The van der Waals surface area contributed by atoms with Crippen molar-refractivity contribution in [2.75, 3.05) is 18.0 Å². The van der Waals surface area contributed by atoms with E-state index in [1.165, 1.54) is 19.3 Å². The Labute approximate surface area is 107 Å². The Hall–Kier alpha value is -1.65. The summed E-state index contributed by atoms with van der Waals surface area (Å²) in [5.41, 5.74) is 1.72. The molecular formula is C13H19N5. The summed E-state index contributed by atoms with van der Waals surface area (Å²) >= 11 is 0. The predicted molar refractivity (Wildman–Crippen MR) is 71.8 cm³/mol. The molecule has 3 rings (SSSR count). The van der Waals surface area contributed by atoms with Crippen molar-refractivity contribution >= 4 is 17.1 Å². The first-order valence-electron chi connectivity index (χ1n) is 6.71. The van der Waals surface area contributed by atoms with Crippen molar-refractivity contribution in [2.45, 2.75) is 39.0 Å². The number of hydrogen-bond donors (Lipinski definition) is 1. The fraction of sp³-hybridized carbons (Fsp3) is 0.615. The minimum absolute atomic E-state index is 0.338. The highest BCUT2D eigenvalue weighted by atomic mass is 15.3. The molecule has 0 radical (unpaired) electrons. The molecule has 0 aromatic carbocycles. The number of fused-ring (bicyclic) bond motifs is 1. The first-order valence-corrected chi connectivity index (χ1v) is 6.71. The molecular weight excluding hydrogens is 226 g/mol. The van der Waals surface area contributed by atoms with Gasteiger partial charge in [-0.2, -0.15) is 4.98 Å². The highest BCUT2D eigenvalue weighted by Crippen LogP contribution is 2.20. The Morgan fingerprint density at radius 1 is 1.17 bits per heavy atom. The lowest BCUT2D eigenvalue weighted by molar-refractivity contribution is 0.570. The maximum Gasteiger partial charge on any atom is 0.205 e. The molecule has 0 aliphatic carbocycles. The monoisotopic (exact) mass is 245 g/mol. The Morgan fingerprint density at radius 3 is 2.67 bits per heavy atom. The van der Waals surface area contributed by atoms with Crippen LogP contribution in [0.5, 0.6) is 0 Å². The third kappa shape index (κ3) is 2.05. The smallest absolute Gasteiger partial charge is 0.205 e. The molecule has 18 heavy (non-hydrogen) atoms. The molecule has 3 heterocycles. The van der Waals surface area contributed by atoms with Crippen molar-refractivity contribution in [3.8, 4) is 0 Å². The van der Waals surface area contributed by atoms with Gasteiger partial charge in [0.2, 0.25) is 5.95 Å². The lowest BCUT2D eigenvalue weighted by Crippen LogP contribution is -2.30. The quantitative estimate of drug-likeness (QED) is 0.883. The number of aromatic amines is 1. The lowest BCUT2D eigenvalue weighted by Gasteiger charge is -2.25. The van der Waals surface area contributed by atoms with Crippen LogP contribution in [-0.2, 0) is 0 Å². The summed E-state index contributed by atoms with van der Waals surface area (Å²) < 4.78 is 0. The van der Waals surface area contributed by atoms with E-state index >= 15 is 0 Å². The minimum Gasteiger partial charge on any atom is -0.342 e. The molecule has 5 heteroatoms. The Morgan fingerprint density at radius 2 is 1.94 bits per heavy atom. The van der Waals surface area contributed by atoms with Gasteiger partial charge in [-0.1, -0.05) is 13.8 Å². The first kappa shape index (κ1) is 11.4. The van der Waals surface area contributed by atoms with Crippen molar-refractivity contribution < 1.29 is 0 Å². The minimum atomic E-state index is 0.338. The van der Waals surface area contributed by atoms with E-state index < -0.39 is 0 Å². The van der Waals surface area contributed by atoms with Crippen LogP contribution in [0.4, 0.5) is 5.95 Å². The topological polar surface area (TPSA) is 57.7 Å².